The number of esters is 2. The summed E-state index contributed by atoms with van der Waals surface area (Å²) in [4.78, 5) is 21.9. The number of hydrogen-bond acceptors (Lipinski definition) is 6. The molecule has 0 saturated heterocycles. The Morgan fingerprint density at radius 1 is 0.684 bits per heavy atom. The van der Waals surface area contributed by atoms with Crippen LogP contribution in [0.3, 0.4) is 0 Å². The molecule has 0 aliphatic heterocycles. The monoisotopic (exact) mass is 284 g/mol. The highest BCUT2D eigenvalue weighted by molar-refractivity contribution is 5.91. The molecule has 0 heterocycles. The van der Waals surface area contributed by atoms with Crippen LogP contribution in [0, 0.1) is 0 Å². The molecule has 6 heteroatoms. The van der Waals surface area contributed by atoms with E-state index in [0.717, 1.165) is 0 Å². The van der Waals surface area contributed by atoms with Gasteiger partial charge in [0.1, 0.15) is 19.6 Å². The summed E-state index contributed by atoms with van der Waals surface area (Å²) >= 11 is 0. The molecule has 0 radical (unpaired) electrons. The SMILES string of the molecule is C.C.C.C.COCCOC(=O)CC(=O)OCCOC. The van der Waals surface area contributed by atoms with E-state index < -0.39 is 11.9 Å². The number of ether oxygens (including phenoxy) is 4. The van der Waals surface area contributed by atoms with Crippen molar-refractivity contribution in [2.75, 3.05) is 40.6 Å². The van der Waals surface area contributed by atoms with Crippen molar-refractivity contribution >= 4 is 11.9 Å². The van der Waals surface area contributed by atoms with Crippen LogP contribution in [-0.4, -0.2) is 52.6 Å². The second-order valence-electron chi connectivity index (χ2n) is 2.60. The minimum Gasteiger partial charge on any atom is -0.463 e. The highest BCUT2D eigenvalue weighted by atomic mass is 16.6. The first-order chi connectivity index (χ1) is 7.20. The summed E-state index contributed by atoms with van der Waals surface area (Å²) in [6.45, 7) is 0.899. The molecule has 120 valence electrons. The largest absolute Gasteiger partial charge is 0.463 e. The van der Waals surface area contributed by atoms with Crippen molar-refractivity contribution in [3.8, 4) is 0 Å². The van der Waals surface area contributed by atoms with E-state index in [1.807, 2.05) is 0 Å². The maximum Gasteiger partial charge on any atom is 0.317 e. The summed E-state index contributed by atoms with van der Waals surface area (Å²) in [7, 11) is 2.99. The second kappa shape index (κ2) is 22.1. The lowest BCUT2D eigenvalue weighted by Gasteiger charge is -2.04. The van der Waals surface area contributed by atoms with Crippen molar-refractivity contribution in [2.45, 2.75) is 36.1 Å². The van der Waals surface area contributed by atoms with Gasteiger partial charge in [0.25, 0.3) is 0 Å². The van der Waals surface area contributed by atoms with E-state index in [0.29, 0.717) is 13.2 Å². The number of rotatable bonds is 8. The van der Waals surface area contributed by atoms with Gasteiger partial charge in [0.05, 0.1) is 13.2 Å². The Kier molecular flexibility index (Phi) is 35.7. The zero-order valence-electron chi connectivity index (χ0n) is 8.99. The smallest absolute Gasteiger partial charge is 0.317 e. The van der Waals surface area contributed by atoms with E-state index in [1.165, 1.54) is 14.2 Å². The summed E-state index contributed by atoms with van der Waals surface area (Å²) in [6.07, 6.45) is -0.382. The van der Waals surface area contributed by atoms with Crippen LogP contribution in [0.25, 0.3) is 0 Å². The molecule has 0 bridgehead atoms. The lowest BCUT2D eigenvalue weighted by atomic mass is 10.4. The van der Waals surface area contributed by atoms with Crippen molar-refractivity contribution in [3.05, 3.63) is 0 Å². The van der Waals surface area contributed by atoms with Gasteiger partial charge in [0, 0.05) is 14.2 Å². The highest BCUT2D eigenvalue weighted by Crippen LogP contribution is 1.91. The van der Waals surface area contributed by atoms with Gasteiger partial charge in [0.2, 0.25) is 0 Å². The van der Waals surface area contributed by atoms with E-state index >= 15 is 0 Å². The topological polar surface area (TPSA) is 71.1 Å². The van der Waals surface area contributed by atoms with Crippen LogP contribution in [0.1, 0.15) is 36.1 Å². The Hall–Kier alpha value is -1.14. The first-order valence-corrected chi connectivity index (χ1v) is 4.49. The van der Waals surface area contributed by atoms with Gasteiger partial charge in [-0.05, 0) is 0 Å². The van der Waals surface area contributed by atoms with Gasteiger partial charge in [-0.2, -0.15) is 0 Å². The molecule has 0 aromatic carbocycles. The fourth-order valence-corrected chi connectivity index (χ4v) is 0.698. The van der Waals surface area contributed by atoms with Crippen LogP contribution in [0.15, 0.2) is 0 Å². The molecule has 0 saturated carbocycles. The van der Waals surface area contributed by atoms with E-state index in [9.17, 15) is 9.59 Å². The fraction of sp³-hybridized carbons (Fsp3) is 0.846. The molecule has 0 aliphatic rings. The molecule has 0 rings (SSSR count). The van der Waals surface area contributed by atoms with Crippen LogP contribution in [0.4, 0.5) is 0 Å². The fourth-order valence-electron chi connectivity index (χ4n) is 0.698. The van der Waals surface area contributed by atoms with Crippen molar-refractivity contribution in [2.24, 2.45) is 0 Å². The van der Waals surface area contributed by atoms with Gasteiger partial charge in [-0.15, -0.1) is 0 Å². The predicted octanol–water partition coefficient (Wildman–Crippen LogP) is 2.30. The quantitative estimate of drug-likeness (QED) is 0.387. The Bertz CT molecular complexity index is 174. The molecular formula is C13H32O6. The Balaban J connectivity index is -0.000000163. The predicted molar refractivity (Wildman–Crippen MR) is 77.2 cm³/mol. The molecule has 0 unspecified atom stereocenters. The first kappa shape index (κ1) is 30.7. The van der Waals surface area contributed by atoms with Crippen molar-refractivity contribution in [3.63, 3.8) is 0 Å². The molecule has 0 spiro atoms. The zero-order chi connectivity index (χ0) is 11.5. The van der Waals surface area contributed by atoms with Crippen LogP contribution in [-0.2, 0) is 28.5 Å². The molecular weight excluding hydrogens is 252 g/mol. The standard InChI is InChI=1S/C9H16O6.4CH4/c1-12-3-5-14-8(10)7-9(11)15-6-4-13-2;;;;/h3-7H2,1-2H3;4*1H4. The normalized spacial score (nSPS) is 7.68. The molecule has 0 aliphatic carbocycles. The lowest BCUT2D eigenvalue weighted by molar-refractivity contribution is -0.155. The zero-order valence-corrected chi connectivity index (χ0v) is 8.99. The lowest BCUT2D eigenvalue weighted by Crippen LogP contribution is -2.17. The van der Waals surface area contributed by atoms with E-state index in [2.05, 4.69) is 18.9 Å². The average molecular weight is 284 g/mol. The van der Waals surface area contributed by atoms with Gasteiger partial charge in [-0.1, -0.05) is 29.7 Å². The van der Waals surface area contributed by atoms with Gasteiger partial charge in [-0.3, -0.25) is 9.59 Å². The molecule has 0 atom stereocenters. The van der Waals surface area contributed by atoms with Crippen molar-refractivity contribution in [1.82, 2.24) is 0 Å². The van der Waals surface area contributed by atoms with Gasteiger partial charge in [-0.25, -0.2) is 0 Å². The second-order valence-corrected chi connectivity index (χ2v) is 2.60. The highest BCUT2D eigenvalue weighted by Gasteiger charge is 2.11. The first-order valence-electron chi connectivity index (χ1n) is 4.49. The summed E-state index contributed by atoms with van der Waals surface area (Å²) in [5, 5.41) is 0. The van der Waals surface area contributed by atoms with E-state index in [-0.39, 0.29) is 49.3 Å². The molecule has 0 aromatic rings. The number of hydrogen-bond donors (Lipinski definition) is 0. The Morgan fingerprint density at radius 3 is 1.26 bits per heavy atom. The Labute approximate surface area is 118 Å². The summed E-state index contributed by atoms with van der Waals surface area (Å²) < 4.78 is 18.7. The van der Waals surface area contributed by atoms with Crippen LogP contribution in [0.5, 0.6) is 0 Å². The summed E-state index contributed by atoms with van der Waals surface area (Å²) in [6, 6.07) is 0. The molecule has 0 fully saturated rings. The van der Waals surface area contributed by atoms with Crippen molar-refractivity contribution < 1.29 is 28.5 Å². The maximum absolute atomic E-state index is 11.0. The van der Waals surface area contributed by atoms with Gasteiger partial charge in [0.15, 0.2) is 0 Å². The molecule has 0 aromatic heterocycles. The third-order valence-electron chi connectivity index (χ3n) is 1.39. The summed E-state index contributed by atoms with van der Waals surface area (Å²) in [5.41, 5.74) is 0. The minimum atomic E-state index is -0.616. The summed E-state index contributed by atoms with van der Waals surface area (Å²) in [5.74, 6) is -1.23. The number of carbonyl (C=O) groups is 2. The third-order valence-corrected chi connectivity index (χ3v) is 1.39. The molecule has 19 heavy (non-hydrogen) atoms. The van der Waals surface area contributed by atoms with Gasteiger partial charge >= 0.3 is 11.9 Å². The van der Waals surface area contributed by atoms with Crippen LogP contribution < -0.4 is 0 Å². The maximum atomic E-state index is 11.0. The number of methoxy groups -OCH3 is 2. The molecule has 0 amide bonds. The van der Waals surface area contributed by atoms with Crippen LogP contribution >= 0.6 is 0 Å². The van der Waals surface area contributed by atoms with Crippen LogP contribution in [0.2, 0.25) is 0 Å². The van der Waals surface area contributed by atoms with Gasteiger partial charge < -0.3 is 18.9 Å². The van der Waals surface area contributed by atoms with E-state index in [4.69, 9.17) is 0 Å². The molecule has 6 nitrogen and oxygen atoms in total. The molecule has 0 N–H and O–H groups in total. The number of carbonyl (C=O) groups excluding carboxylic acids is 2. The average Bonchev–Trinajstić information content (AvgIpc) is 2.18. The van der Waals surface area contributed by atoms with Crippen molar-refractivity contribution in [1.29, 1.82) is 0 Å². The van der Waals surface area contributed by atoms with E-state index in [1.54, 1.807) is 0 Å². The third kappa shape index (κ3) is 22.5. The minimum absolute atomic E-state index is 0. The Morgan fingerprint density at radius 2 is 1.00 bits per heavy atom.